The number of alkyl halides is 2. The number of anilines is 1. The first kappa shape index (κ1) is 16.3. The average Bonchev–Trinajstić information content (AvgIpc) is 2.83. The smallest absolute Gasteiger partial charge is 0.387 e. The molecule has 2 N–H and O–H groups in total. The van der Waals surface area contributed by atoms with E-state index in [-0.39, 0.29) is 11.3 Å². The molecule has 1 aromatic carbocycles. The molecule has 1 amide bonds. The summed E-state index contributed by atoms with van der Waals surface area (Å²) in [5, 5.41) is 14.9. The summed E-state index contributed by atoms with van der Waals surface area (Å²) in [4.78, 5) is 23.1. The van der Waals surface area contributed by atoms with Crippen molar-refractivity contribution in [2.45, 2.75) is 6.61 Å². The van der Waals surface area contributed by atoms with E-state index in [2.05, 4.69) is 15.2 Å². The van der Waals surface area contributed by atoms with E-state index in [4.69, 9.17) is 5.11 Å². The first-order chi connectivity index (χ1) is 10.8. The molecule has 0 saturated carbocycles. The maximum atomic E-state index is 13.1. The lowest BCUT2D eigenvalue weighted by Crippen LogP contribution is -2.17. The van der Waals surface area contributed by atoms with Crippen LogP contribution >= 0.6 is 0 Å². The number of carbonyl (C=O) groups excluding carboxylic acids is 1. The zero-order valence-corrected chi connectivity index (χ0v) is 11.6. The van der Waals surface area contributed by atoms with Crippen LogP contribution in [-0.4, -0.2) is 33.4 Å². The van der Waals surface area contributed by atoms with E-state index in [0.29, 0.717) is 6.07 Å². The van der Waals surface area contributed by atoms with Crippen LogP contribution in [0.2, 0.25) is 0 Å². The second-order valence-corrected chi connectivity index (χ2v) is 4.34. The maximum absolute atomic E-state index is 13.1. The van der Waals surface area contributed by atoms with Crippen molar-refractivity contribution in [1.82, 2.24) is 9.78 Å². The molecule has 0 bridgehead atoms. The third kappa shape index (κ3) is 3.78. The van der Waals surface area contributed by atoms with Crippen molar-refractivity contribution in [3.63, 3.8) is 0 Å². The van der Waals surface area contributed by atoms with Gasteiger partial charge in [-0.1, -0.05) is 0 Å². The van der Waals surface area contributed by atoms with Gasteiger partial charge in [0.2, 0.25) is 0 Å². The fraction of sp³-hybridized carbons (Fsp3) is 0.154. The molecule has 0 atom stereocenters. The van der Waals surface area contributed by atoms with Gasteiger partial charge in [-0.05, 0) is 12.1 Å². The highest BCUT2D eigenvalue weighted by Crippen LogP contribution is 2.27. The molecule has 1 aromatic heterocycles. The SMILES string of the molecule is Cn1cc(C(=O)O)c(C(=O)Nc2ccc(F)cc2OC(F)F)n1. The Labute approximate surface area is 127 Å². The lowest BCUT2D eigenvalue weighted by atomic mass is 10.2. The molecular weight excluding hydrogens is 319 g/mol. The molecule has 0 aliphatic rings. The van der Waals surface area contributed by atoms with Crippen LogP contribution in [0.3, 0.4) is 0 Å². The molecule has 0 saturated heterocycles. The quantitative estimate of drug-likeness (QED) is 0.876. The van der Waals surface area contributed by atoms with Crippen LogP contribution in [0.25, 0.3) is 0 Å². The van der Waals surface area contributed by atoms with Crippen molar-refractivity contribution in [2.75, 3.05) is 5.32 Å². The first-order valence-corrected chi connectivity index (χ1v) is 6.10. The average molecular weight is 329 g/mol. The summed E-state index contributed by atoms with van der Waals surface area (Å²) in [5.74, 6) is -3.79. The van der Waals surface area contributed by atoms with E-state index in [0.717, 1.165) is 23.0 Å². The third-order valence-electron chi connectivity index (χ3n) is 2.68. The molecule has 7 nitrogen and oxygen atoms in total. The highest BCUT2D eigenvalue weighted by atomic mass is 19.3. The molecule has 10 heteroatoms. The molecule has 0 aliphatic heterocycles. The summed E-state index contributed by atoms with van der Waals surface area (Å²) in [5.41, 5.74) is -1.05. The third-order valence-corrected chi connectivity index (χ3v) is 2.68. The van der Waals surface area contributed by atoms with Crippen LogP contribution in [0.4, 0.5) is 18.9 Å². The highest BCUT2D eigenvalue weighted by molar-refractivity contribution is 6.09. The van der Waals surface area contributed by atoms with Gasteiger partial charge in [0.15, 0.2) is 11.4 Å². The number of rotatable bonds is 5. The Morgan fingerprint density at radius 1 is 1.39 bits per heavy atom. The van der Waals surface area contributed by atoms with Crippen molar-refractivity contribution in [3.05, 3.63) is 41.5 Å². The van der Waals surface area contributed by atoms with Crippen LogP contribution in [-0.2, 0) is 7.05 Å². The number of nitrogens with one attached hydrogen (secondary N) is 1. The van der Waals surface area contributed by atoms with Crippen molar-refractivity contribution >= 4 is 17.6 Å². The molecule has 0 aliphatic carbocycles. The number of ether oxygens (including phenoxy) is 1. The van der Waals surface area contributed by atoms with E-state index < -0.39 is 35.7 Å². The standard InChI is InChI=1S/C13H10F3N3O4/c1-19-5-7(12(21)22)10(18-19)11(20)17-8-3-2-6(14)4-9(8)23-13(15)16/h2-5,13H,1H3,(H,17,20)(H,21,22). The molecular formula is C13H10F3N3O4. The molecule has 0 spiro atoms. The predicted octanol–water partition coefficient (Wildman–Crippen LogP) is 2.11. The number of carboxylic acids is 1. The summed E-state index contributed by atoms with van der Waals surface area (Å²) in [6.45, 7) is -3.23. The Kier molecular flexibility index (Phi) is 4.53. The molecule has 122 valence electrons. The molecule has 0 fully saturated rings. The van der Waals surface area contributed by atoms with Crippen molar-refractivity contribution < 1.29 is 32.6 Å². The Hall–Kier alpha value is -3.04. The summed E-state index contributed by atoms with van der Waals surface area (Å²) in [6, 6.07) is 2.59. The topological polar surface area (TPSA) is 93.5 Å². The van der Waals surface area contributed by atoms with Gasteiger partial charge in [-0.15, -0.1) is 0 Å². The van der Waals surface area contributed by atoms with Gasteiger partial charge in [-0.3, -0.25) is 9.48 Å². The minimum atomic E-state index is -3.23. The van der Waals surface area contributed by atoms with E-state index in [1.54, 1.807) is 0 Å². The first-order valence-electron chi connectivity index (χ1n) is 6.10. The predicted molar refractivity (Wildman–Crippen MR) is 71.2 cm³/mol. The number of nitrogens with zero attached hydrogens (tertiary/aromatic N) is 2. The van der Waals surface area contributed by atoms with Gasteiger partial charge in [0.05, 0.1) is 5.69 Å². The number of benzene rings is 1. The number of amides is 1. The zero-order chi connectivity index (χ0) is 17.1. The Bertz CT molecular complexity index is 761. The molecule has 2 aromatic rings. The van der Waals surface area contributed by atoms with Gasteiger partial charge in [-0.2, -0.15) is 13.9 Å². The molecule has 2 rings (SSSR count). The van der Waals surface area contributed by atoms with E-state index >= 15 is 0 Å². The van der Waals surface area contributed by atoms with E-state index in [9.17, 15) is 22.8 Å². The largest absolute Gasteiger partial charge is 0.478 e. The molecule has 1 heterocycles. The Morgan fingerprint density at radius 3 is 2.70 bits per heavy atom. The van der Waals surface area contributed by atoms with Gasteiger partial charge < -0.3 is 15.2 Å². The number of carboxylic acid groups (broad SMARTS) is 1. The number of aryl methyl sites for hydroxylation is 1. The van der Waals surface area contributed by atoms with E-state index in [1.807, 2.05) is 0 Å². The van der Waals surface area contributed by atoms with Gasteiger partial charge in [0, 0.05) is 19.3 Å². The van der Waals surface area contributed by atoms with Crippen LogP contribution in [0.15, 0.2) is 24.4 Å². The van der Waals surface area contributed by atoms with Gasteiger partial charge in [0.25, 0.3) is 5.91 Å². The van der Waals surface area contributed by atoms with Crippen LogP contribution in [0.1, 0.15) is 20.8 Å². The summed E-state index contributed by atoms with van der Waals surface area (Å²) < 4.78 is 43.0. The molecule has 0 unspecified atom stereocenters. The maximum Gasteiger partial charge on any atom is 0.387 e. The van der Waals surface area contributed by atoms with Crippen molar-refractivity contribution in [3.8, 4) is 5.75 Å². The minimum Gasteiger partial charge on any atom is -0.478 e. The van der Waals surface area contributed by atoms with Crippen molar-refractivity contribution in [1.29, 1.82) is 0 Å². The summed E-state index contributed by atoms with van der Waals surface area (Å²) in [7, 11) is 1.41. The fourth-order valence-corrected chi connectivity index (χ4v) is 1.79. The Morgan fingerprint density at radius 2 is 2.09 bits per heavy atom. The monoisotopic (exact) mass is 329 g/mol. The molecule has 23 heavy (non-hydrogen) atoms. The highest BCUT2D eigenvalue weighted by Gasteiger charge is 2.22. The Balaban J connectivity index is 2.32. The van der Waals surface area contributed by atoms with E-state index in [1.165, 1.54) is 7.05 Å². The summed E-state index contributed by atoms with van der Waals surface area (Å²) >= 11 is 0. The van der Waals surface area contributed by atoms with Gasteiger partial charge >= 0.3 is 12.6 Å². The number of hydrogen-bond donors (Lipinski definition) is 2. The van der Waals surface area contributed by atoms with Crippen LogP contribution in [0, 0.1) is 5.82 Å². The normalized spacial score (nSPS) is 10.7. The number of aromatic carboxylic acids is 1. The number of carbonyl (C=O) groups is 2. The van der Waals surface area contributed by atoms with Crippen molar-refractivity contribution in [2.24, 2.45) is 7.05 Å². The number of hydrogen-bond acceptors (Lipinski definition) is 4. The second-order valence-electron chi connectivity index (χ2n) is 4.34. The van der Waals surface area contributed by atoms with Gasteiger partial charge in [-0.25, -0.2) is 9.18 Å². The summed E-state index contributed by atoms with van der Waals surface area (Å²) in [6.07, 6.45) is 1.11. The number of aromatic nitrogens is 2. The van der Waals surface area contributed by atoms with Crippen LogP contribution in [0.5, 0.6) is 5.75 Å². The van der Waals surface area contributed by atoms with Crippen LogP contribution < -0.4 is 10.1 Å². The fourth-order valence-electron chi connectivity index (χ4n) is 1.79. The second kappa shape index (κ2) is 6.38. The van der Waals surface area contributed by atoms with Gasteiger partial charge in [0.1, 0.15) is 11.4 Å². The zero-order valence-electron chi connectivity index (χ0n) is 11.6. The lowest BCUT2D eigenvalue weighted by molar-refractivity contribution is -0.0495. The minimum absolute atomic E-state index is 0.251. The lowest BCUT2D eigenvalue weighted by Gasteiger charge is -2.11. The molecule has 0 radical (unpaired) electrons. The number of halogens is 3.